The number of halogens is 2. The topological polar surface area (TPSA) is 96.3 Å². The summed E-state index contributed by atoms with van der Waals surface area (Å²) in [5.74, 6) is -0.681. The maximum absolute atomic E-state index is 12.5. The number of nitrogens with one attached hydrogen (secondary N) is 2. The summed E-state index contributed by atoms with van der Waals surface area (Å²) in [7, 11) is 0. The van der Waals surface area contributed by atoms with E-state index < -0.39 is 5.91 Å². The van der Waals surface area contributed by atoms with Crippen LogP contribution in [0.25, 0.3) is 10.4 Å². The van der Waals surface area contributed by atoms with Crippen LogP contribution in [0, 0.1) is 0 Å². The minimum Gasteiger partial charge on any atom is -0.346 e. The molecule has 4 rings (SSSR count). The zero-order chi connectivity index (χ0) is 24.1. The van der Waals surface area contributed by atoms with Gasteiger partial charge in [0.1, 0.15) is 0 Å². The van der Waals surface area contributed by atoms with Crippen LogP contribution >= 0.6 is 45.9 Å². The van der Waals surface area contributed by atoms with Crippen LogP contribution in [0.3, 0.4) is 0 Å². The SMILES string of the molecule is C/C(=N\NC(=O)c1ccc(C(=O)NCc2cnccn2)s1)c1csc(-c2ccc(Cl)c(Cl)c2)c1. The Morgan fingerprint density at radius 2 is 1.82 bits per heavy atom. The van der Waals surface area contributed by atoms with E-state index in [1.165, 1.54) is 11.3 Å². The maximum atomic E-state index is 12.5. The lowest BCUT2D eigenvalue weighted by atomic mass is 10.1. The largest absolute Gasteiger partial charge is 0.346 e. The van der Waals surface area contributed by atoms with Gasteiger partial charge in [-0.25, -0.2) is 5.43 Å². The van der Waals surface area contributed by atoms with E-state index in [0.29, 0.717) is 31.2 Å². The Morgan fingerprint density at radius 1 is 1.03 bits per heavy atom. The van der Waals surface area contributed by atoms with Crippen LogP contribution in [0.1, 0.15) is 37.5 Å². The van der Waals surface area contributed by atoms with Crippen LogP contribution in [0.5, 0.6) is 0 Å². The molecule has 0 unspecified atom stereocenters. The molecule has 0 saturated heterocycles. The molecule has 172 valence electrons. The smallest absolute Gasteiger partial charge is 0.281 e. The van der Waals surface area contributed by atoms with Crippen molar-refractivity contribution in [1.29, 1.82) is 0 Å². The van der Waals surface area contributed by atoms with Gasteiger partial charge < -0.3 is 5.32 Å². The van der Waals surface area contributed by atoms with Gasteiger partial charge in [-0.3, -0.25) is 19.6 Å². The quantitative estimate of drug-likeness (QED) is 0.238. The van der Waals surface area contributed by atoms with Crippen LogP contribution in [0.4, 0.5) is 0 Å². The first-order valence-corrected chi connectivity index (χ1v) is 12.4. The fourth-order valence-electron chi connectivity index (χ4n) is 2.84. The third kappa shape index (κ3) is 5.87. The lowest BCUT2D eigenvalue weighted by Crippen LogP contribution is -2.22. The molecule has 0 aliphatic rings. The number of amides is 2. The highest BCUT2D eigenvalue weighted by Crippen LogP contribution is 2.32. The van der Waals surface area contributed by atoms with Gasteiger partial charge in [-0.2, -0.15) is 5.10 Å². The maximum Gasteiger partial charge on any atom is 0.281 e. The standard InChI is InChI=1S/C23H17Cl2N5O2S2/c1-13(15-9-21(33-12-15)14-2-3-17(24)18(25)8-14)29-30-23(32)20-5-4-19(34-20)22(31)28-11-16-10-26-6-7-27-16/h2-10,12H,11H2,1H3,(H,28,31)(H,30,32)/b29-13+. The number of thiophene rings is 2. The Hall–Kier alpha value is -3.11. The van der Waals surface area contributed by atoms with Gasteiger partial charge in [0.25, 0.3) is 11.8 Å². The third-order valence-corrected chi connectivity index (χ3v) is 7.45. The second-order valence-electron chi connectivity index (χ2n) is 7.01. The fraction of sp³-hybridized carbons (Fsp3) is 0.0870. The van der Waals surface area contributed by atoms with E-state index >= 15 is 0 Å². The van der Waals surface area contributed by atoms with Gasteiger partial charge in [-0.15, -0.1) is 22.7 Å². The van der Waals surface area contributed by atoms with Crippen LogP contribution in [-0.2, 0) is 6.54 Å². The highest BCUT2D eigenvalue weighted by atomic mass is 35.5. The van der Waals surface area contributed by atoms with Crippen molar-refractivity contribution in [3.8, 4) is 10.4 Å². The lowest BCUT2D eigenvalue weighted by Gasteiger charge is -2.02. The molecule has 0 atom stereocenters. The predicted octanol–water partition coefficient (Wildman–Crippen LogP) is 5.66. The number of hydrogen-bond acceptors (Lipinski definition) is 7. The first-order valence-electron chi connectivity index (χ1n) is 9.92. The second kappa shape index (κ2) is 10.9. The van der Waals surface area contributed by atoms with E-state index in [1.54, 1.807) is 43.7 Å². The Kier molecular flexibility index (Phi) is 7.69. The molecule has 0 radical (unpaired) electrons. The van der Waals surface area contributed by atoms with E-state index in [1.807, 2.05) is 23.6 Å². The molecule has 34 heavy (non-hydrogen) atoms. The molecule has 0 bridgehead atoms. The monoisotopic (exact) mass is 529 g/mol. The molecule has 3 heterocycles. The molecule has 0 fully saturated rings. The molecule has 0 aliphatic heterocycles. The van der Waals surface area contributed by atoms with Crippen LogP contribution in [0.2, 0.25) is 10.0 Å². The summed E-state index contributed by atoms with van der Waals surface area (Å²) in [5, 5.41) is 9.91. The van der Waals surface area contributed by atoms with E-state index in [9.17, 15) is 9.59 Å². The zero-order valence-corrected chi connectivity index (χ0v) is 20.9. The van der Waals surface area contributed by atoms with Crippen molar-refractivity contribution >= 4 is 63.4 Å². The van der Waals surface area contributed by atoms with E-state index in [-0.39, 0.29) is 12.5 Å². The van der Waals surface area contributed by atoms with Gasteiger partial charge in [0, 0.05) is 28.2 Å². The highest BCUT2D eigenvalue weighted by molar-refractivity contribution is 7.16. The summed E-state index contributed by atoms with van der Waals surface area (Å²) >= 11 is 14.7. The fourth-order valence-corrected chi connectivity index (χ4v) is 4.90. The van der Waals surface area contributed by atoms with Crippen LogP contribution in [0.15, 0.2) is 65.5 Å². The molecular weight excluding hydrogens is 513 g/mol. The zero-order valence-electron chi connectivity index (χ0n) is 17.7. The van der Waals surface area contributed by atoms with E-state index in [2.05, 4.69) is 25.8 Å². The average Bonchev–Trinajstić information content (AvgIpc) is 3.54. The van der Waals surface area contributed by atoms with Crippen molar-refractivity contribution in [2.75, 3.05) is 0 Å². The van der Waals surface area contributed by atoms with Gasteiger partial charge in [0.05, 0.1) is 43.9 Å². The van der Waals surface area contributed by atoms with E-state index in [4.69, 9.17) is 23.2 Å². The van der Waals surface area contributed by atoms with Crippen molar-refractivity contribution in [1.82, 2.24) is 20.7 Å². The Bertz CT molecular complexity index is 1370. The first-order chi connectivity index (χ1) is 16.4. The predicted molar refractivity (Wildman–Crippen MR) is 137 cm³/mol. The first kappa shape index (κ1) is 24.0. The van der Waals surface area contributed by atoms with E-state index in [0.717, 1.165) is 27.3 Å². The third-order valence-electron chi connectivity index (χ3n) is 4.65. The normalized spacial score (nSPS) is 11.3. The highest BCUT2D eigenvalue weighted by Gasteiger charge is 2.14. The second-order valence-corrected chi connectivity index (χ2v) is 9.82. The average molecular weight is 530 g/mol. The van der Waals surface area contributed by atoms with Crippen LogP contribution in [-0.4, -0.2) is 27.5 Å². The Morgan fingerprint density at radius 3 is 2.56 bits per heavy atom. The molecule has 0 saturated carbocycles. The van der Waals surface area contributed by atoms with Gasteiger partial charge in [0.2, 0.25) is 0 Å². The summed E-state index contributed by atoms with van der Waals surface area (Å²) < 4.78 is 0. The van der Waals surface area contributed by atoms with Crippen LogP contribution < -0.4 is 10.7 Å². The molecule has 2 amide bonds. The molecular formula is C23H17Cl2N5O2S2. The van der Waals surface area contributed by atoms with Gasteiger partial charge in [0.15, 0.2) is 0 Å². The number of rotatable bonds is 7. The van der Waals surface area contributed by atoms with Gasteiger partial charge in [-0.1, -0.05) is 29.3 Å². The number of nitrogens with zero attached hydrogens (tertiary/aromatic N) is 3. The minimum absolute atomic E-state index is 0.250. The summed E-state index contributed by atoms with van der Waals surface area (Å²) in [6.07, 6.45) is 4.70. The summed E-state index contributed by atoms with van der Waals surface area (Å²) in [5.41, 5.74) is 5.67. The van der Waals surface area contributed by atoms with Crippen molar-refractivity contribution in [2.24, 2.45) is 5.10 Å². The number of hydrogen-bond donors (Lipinski definition) is 2. The van der Waals surface area contributed by atoms with Crippen molar-refractivity contribution in [3.63, 3.8) is 0 Å². The van der Waals surface area contributed by atoms with Gasteiger partial charge >= 0.3 is 0 Å². The lowest BCUT2D eigenvalue weighted by molar-refractivity contribution is 0.0949. The Balaban J connectivity index is 1.36. The molecule has 7 nitrogen and oxygen atoms in total. The van der Waals surface area contributed by atoms with Crippen molar-refractivity contribution in [3.05, 3.63) is 91.4 Å². The summed E-state index contributed by atoms with van der Waals surface area (Å²) in [6.45, 7) is 2.06. The molecule has 0 aliphatic carbocycles. The molecule has 1 aromatic carbocycles. The number of aromatic nitrogens is 2. The molecule has 3 aromatic heterocycles. The molecule has 2 N–H and O–H groups in total. The number of hydrazone groups is 1. The molecule has 11 heteroatoms. The molecule has 0 spiro atoms. The van der Waals surface area contributed by atoms with Crippen molar-refractivity contribution < 1.29 is 9.59 Å². The minimum atomic E-state index is -0.391. The number of carbonyl (C=O) groups is 2. The number of benzene rings is 1. The summed E-state index contributed by atoms with van der Waals surface area (Å²) in [4.78, 5) is 34.7. The van der Waals surface area contributed by atoms with Crippen molar-refractivity contribution in [2.45, 2.75) is 13.5 Å². The summed E-state index contributed by atoms with van der Waals surface area (Å²) in [6, 6.07) is 10.6. The molecule has 4 aromatic rings. The Labute approximate surface area is 213 Å². The number of carbonyl (C=O) groups excluding carboxylic acids is 2. The van der Waals surface area contributed by atoms with Gasteiger partial charge in [-0.05, 0) is 42.8 Å².